The monoisotopic (exact) mass is 270 g/mol. The number of hydrogen-bond acceptors (Lipinski definition) is 2. The van der Waals surface area contributed by atoms with Crippen LogP contribution in [0.1, 0.15) is 51.9 Å². The highest BCUT2D eigenvalue weighted by atomic mass is 16.4. The van der Waals surface area contributed by atoms with Crippen LogP contribution in [-0.4, -0.2) is 30.2 Å². The van der Waals surface area contributed by atoms with E-state index in [2.05, 4.69) is 17.6 Å². The summed E-state index contributed by atoms with van der Waals surface area (Å²) in [6.07, 6.45) is 6.46. The van der Waals surface area contributed by atoms with E-state index in [1.54, 1.807) is 0 Å². The fourth-order valence-corrected chi connectivity index (χ4v) is 2.27. The number of amides is 2. The molecule has 1 aliphatic carbocycles. The van der Waals surface area contributed by atoms with Crippen molar-refractivity contribution in [3.05, 3.63) is 0 Å². The molecule has 0 aromatic heterocycles. The molecule has 0 aliphatic heterocycles. The van der Waals surface area contributed by atoms with E-state index in [0.29, 0.717) is 24.8 Å². The van der Waals surface area contributed by atoms with E-state index in [-0.39, 0.29) is 12.5 Å². The molecule has 0 aromatic rings. The third kappa shape index (κ3) is 7.03. The second kappa shape index (κ2) is 8.77. The lowest BCUT2D eigenvalue weighted by Gasteiger charge is -2.25. The van der Waals surface area contributed by atoms with Crippen LogP contribution in [0.5, 0.6) is 0 Å². The van der Waals surface area contributed by atoms with Gasteiger partial charge in [-0.2, -0.15) is 0 Å². The first-order valence-corrected chi connectivity index (χ1v) is 7.35. The molecule has 1 saturated carbocycles. The Labute approximate surface area is 115 Å². The number of carboxylic acid groups (broad SMARTS) is 1. The molecule has 5 heteroatoms. The SMILES string of the molecule is CCC(CCNC(=O)NCC1CCC1)CCC(=O)O. The van der Waals surface area contributed by atoms with Crippen LogP contribution in [-0.2, 0) is 4.79 Å². The predicted molar refractivity (Wildman–Crippen MR) is 74.0 cm³/mol. The summed E-state index contributed by atoms with van der Waals surface area (Å²) in [7, 11) is 0. The molecule has 0 bridgehead atoms. The topological polar surface area (TPSA) is 78.4 Å². The summed E-state index contributed by atoms with van der Waals surface area (Å²) in [5.41, 5.74) is 0. The zero-order chi connectivity index (χ0) is 14.1. The smallest absolute Gasteiger partial charge is 0.314 e. The fraction of sp³-hybridized carbons (Fsp3) is 0.857. The number of carbonyl (C=O) groups excluding carboxylic acids is 1. The van der Waals surface area contributed by atoms with Gasteiger partial charge in [0.15, 0.2) is 0 Å². The van der Waals surface area contributed by atoms with E-state index in [9.17, 15) is 9.59 Å². The summed E-state index contributed by atoms with van der Waals surface area (Å²) < 4.78 is 0. The third-order valence-corrected chi connectivity index (χ3v) is 3.96. The molecule has 0 saturated heterocycles. The summed E-state index contributed by atoms with van der Waals surface area (Å²) in [5, 5.41) is 14.4. The third-order valence-electron chi connectivity index (χ3n) is 3.96. The number of aliphatic carboxylic acids is 1. The minimum absolute atomic E-state index is 0.0972. The number of carboxylic acids is 1. The molecule has 0 radical (unpaired) electrons. The molecule has 1 fully saturated rings. The molecular formula is C14H26N2O3. The summed E-state index contributed by atoms with van der Waals surface area (Å²) in [5.74, 6) is 0.303. The molecule has 0 aromatic carbocycles. The molecule has 1 unspecified atom stereocenters. The van der Waals surface area contributed by atoms with Gasteiger partial charge in [-0.25, -0.2) is 4.79 Å². The number of carbonyl (C=O) groups is 2. The fourth-order valence-electron chi connectivity index (χ4n) is 2.27. The molecular weight excluding hydrogens is 244 g/mol. The Kier molecular flexibility index (Phi) is 7.30. The number of nitrogens with one attached hydrogen (secondary N) is 2. The van der Waals surface area contributed by atoms with Crippen molar-refractivity contribution in [1.29, 1.82) is 0 Å². The lowest BCUT2D eigenvalue weighted by Crippen LogP contribution is -2.40. The van der Waals surface area contributed by atoms with E-state index in [0.717, 1.165) is 19.4 Å². The summed E-state index contributed by atoms with van der Waals surface area (Å²) in [4.78, 5) is 22.0. The first kappa shape index (κ1) is 15.8. The summed E-state index contributed by atoms with van der Waals surface area (Å²) in [6.45, 7) is 3.46. The van der Waals surface area contributed by atoms with E-state index in [1.165, 1.54) is 19.3 Å². The maximum absolute atomic E-state index is 11.5. The standard InChI is InChI=1S/C14H26N2O3/c1-2-11(6-7-13(17)18)8-9-15-14(19)16-10-12-4-3-5-12/h11-12H,2-10H2,1H3,(H,17,18)(H2,15,16,19). The summed E-state index contributed by atoms with van der Waals surface area (Å²) >= 11 is 0. The zero-order valence-corrected chi connectivity index (χ0v) is 11.8. The van der Waals surface area contributed by atoms with Crippen molar-refractivity contribution >= 4 is 12.0 Å². The van der Waals surface area contributed by atoms with Crippen molar-refractivity contribution in [2.45, 2.75) is 51.9 Å². The van der Waals surface area contributed by atoms with Gasteiger partial charge in [0.2, 0.25) is 0 Å². The highest BCUT2D eigenvalue weighted by molar-refractivity contribution is 5.73. The lowest BCUT2D eigenvalue weighted by molar-refractivity contribution is -0.137. The molecule has 5 nitrogen and oxygen atoms in total. The van der Waals surface area contributed by atoms with Crippen LogP contribution in [0, 0.1) is 11.8 Å². The van der Waals surface area contributed by atoms with Crippen molar-refractivity contribution in [1.82, 2.24) is 10.6 Å². The Morgan fingerprint density at radius 3 is 2.53 bits per heavy atom. The van der Waals surface area contributed by atoms with E-state index < -0.39 is 5.97 Å². The van der Waals surface area contributed by atoms with Crippen LogP contribution in [0.3, 0.4) is 0 Å². The van der Waals surface area contributed by atoms with E-state index in [1.807, 2.05) is 0 Å². The van der Waals surface area contributed by atoms with Crippen molar-refractivity contribution < 1.29 is 14.7 Å². The normalized spacial score (nSPS) is 16.5. The Morgan fingerprint density at radius 2 is 2.00 bits per heavy atom. The van der Waals surface area contributed by atoms with Crippen LogP contribution in [0.25, 0.3) is 0 Å². The van der Waals surface area contributed by atoms with Crippen LogP contribution in [0.4, 0.5) is 4.79 Å². The molecule has 1 rings (SSSR count). The first-order valence-electron chi connectivity index (χ1n) is 7.35. The largest absolute Gasteiger partial charge is 0.481 e. The molecule has 2 amide bonds. The van der Waals surface area contributed by atoms with Gasteiger partial charge in [0.25, 0.3) is 0 Å². The maximum atomic E-state index is 11.5. The average Bonchev–Trinajstić information content (AvgIpc) is 2.31. The van der Waals surface area contributed by atoms with Gasteiger partial charge in [0.1, 0.15) is 0 Å². The van der Waals surface area contributed by atoms with Gasteiger partial charge in [0, 0.05) is 19.5 Å². The van der Waals surface area contributed by atoms with Crippen molar-refractivity contribution in [2.24, 2.45) is 11.8 Å². The van der Waals surface area contributed by atoms with Gasteiger partial charge in [0.05, 0.1) is 0 Å². The van der Waals surface area contributed by atoms with Crippen molar-refractivity contribution in [3.63, 3.8) is 0 Å². The van der Waals surface area contributed by atoms with E-state index >= 15 is 0 Å². The van der Waals surface area contributed by atoms with Crippen LogP contribution < -0.4 is 10.6 Å². The van der Waals surface area contributed by atoms with Crippen molar-refractivity contribution in [2.75, 3.05) is 13.1 Å². The molecule has 0 spiro atoms. The molecule has 3 N–H and O–H groups in total. The van der Waals surface area contributed by atoms with Gasteiger partial charge in [-0.15, -0.1) is 0 Å². The maximum Gasteiger partial charge on any atom is 0.314 e. The van der Waals surface area contributed by atoms with Crippen molar-refractivity contribution in [3.8, 4) is 0 Å². The number of rotatable bonds is 9. The predicted octanol–water partition coefficient (Wildman–Crippen LogP) is 2.37. The van der Waals surface area contributed by atoms with Crippen LogP contribution in [0.2, 0.25) is 0 Å². The second-order valence-corrected chi connectivity index (χ2v) is 5.43. The van der Waals surface area contributed by atoms with Gasteiger partial charge in [-0.05, 0) is 37.5 Å². The van der Waals surface area contributed by atoms with E-state index in [4.69, 9.17) is 5.11 Å². The zero-order valence-electron chi connectivity index (χ0n) is 11.8. The highest BCUT2D eigenvalue weighted by Crippen LogP contribution is 2.25. The minimum Gasteiger partial charge on any atom is -0.481 e. The van der Waals surface area contributed by atoms with Gasteiger partial charge < -0.3 is 15.7 Å². The number of urea groups is 1. The number of hydrogen-bond donors (Lipinski definition) is 3. The average molecular weight is 270 g/mol. The molecule has 1 atom stereocenters. The highest BCUT2D eigenvalue weighted by Gasteiger charge is 2.17. The lowest BCUT2D eigenvalue weighted by atomic mass is 9.85. The Bertz CT molecular complexity index is 290. The Morgan fingerprint density at radius 1 is 1.26 bits per heavy atom. The first-order chi connectivity index (χ1) is 9.11. The van der Waals surface area contributed by atoms with Gasteiger partial charge in [-0.3, -0.25) is 4.79 Å². The van der Waals surface area contributed by atoms with Crippen LogP contribution in [0.15, 0.2) is 0 Å². The molecule has 0 heterocycles. The summed E-state index contributed by atoms with van der Waals surface area (Å²) in [6, 6.07) is -0.0972. The minimum atomic E-state index is -0.746. The molecule has 1 aliphatic rings. The molecule has 110 valence electrons. The van der Waals surface area contributed by atoms with Gasteiger partial charge >= 0.3 is 12.0 Å². The van der Waals surface area contributed by atoms with Crippen LogP contribution >= 0.6 is 0 Å². The quantitative estimate of drug-likeness (QED) is 0.602. The van der Waals surface area contributed by atoms with Gasteiger partial charge in [-0.1, -0.05) is 19.8 Å². The molecule has 19 heavy (non-hydrogen) atoms. The Hall–Kier alpha value is -1.26. The second-order valence-electron chi connectivity index (χ2n) is 5.43. The Balaban J connectivity index is 2.02.